The Bertz CT molecular complexity index is 786. The van der Waals surface area contributed by atoms with Gasteiger partial charge in [0.15, 0.2) is 0 Å². The molecule has 0 radical (unpaired) electrons. The standard InChI is InChI=1S/C17H16ClN3/c1-12-7-8-16-14(9-12)17(20-11-19-16)21(2)10-13-5-3-4-6-15(13)18/h3-9,11H,10H2,1-2H3. The summed E-state index contributed by atoms with van der Waals surface area (Å²) < 4.78 is 0. The fraction of sp³-hybridized carbons (Fsp3) is 0.176. The topological polar surface area (TPSA) is 29.0 Å². The van der Waals surface area contributed by atoms with Gasteiger partial charge in [0.2, 0.25) is 0 Å². The molecular formula is C17H16ClN3. The van der Waals surface area contributed by atoms with Crippen LogP contribution in [0.3, 0.4) is 0 Å². The molecule has 0 bridgehead atoms. The maximum atomic E-state index is 6.24. The van der Waals surface area contributed by atoms with E-state index in [9.17, 15) is 0 Å². The van der Waals surface area contributed by atoms with Crippen molar-refractivity contribution in [2.45, 2.75) is 13.5 Å². The zero-order valence-electron chi connectivity index (χ0n) is 12.0. The monoisotopic (exact) mass is 297 g/mol. The van der Waals surface area contributed by atoms with Crippen molar-refractivity contribution in [3.63, 3.8) is 0 Å². The van der Waals surface area contributed by atoms with Gasteiger partial charge in [0, 0.05) is 24.0 Å². The van der Waals surface area contributed by atoms with Gasteiger partial charge in [-0.05, 0) is 30.7 Å². The number of halogens is 1. The van der Waals surface area contributed by atoms with E-state index in [1.807, 2.05) is 37.4 Å². The Kier molecular flexibility index (Phi) is 3.76. The van der Waals surface area contributed by atoms with E-state index in [0.717, 1.165) is 27.3 Å². The normalized spacial score (nSPS) is 10.8. The molecule has 3 aromatic rings. The van der Waals surface area contributed by atoms with E-state index < -0.39 is 0 Å². The van der Waals surface area contributed by atoms with Crippen molar-refractivity contribution in [3.05, 3.63) is 64.9 Å². The Balaban J connectivity index is 2.00. The van der Waals surface area contributed by atoms with Crippen LogP contribution < -0.4 is 4.90 Å². The van der Waals surface area contributed by atoms with Gasteiger partial charge in [-0.3, -0.25) is 0 Å². The average molecular weight is 298 g/mol. The summed E-state index contributed by atoms with van der Waals surface area (Å²) in [5, 5.41) is 1.84. The molecule has 0 unspecified atom stereocenters. The van der Waals surface area contributed by atoms with E-state index in [2.05, 4.69) is 33.9 Å². The van der Waals surface area contributed by atoms with Crippen molar-refractivity contribution >= 4 is 28.3 Å². The largest absolute Gasteiger partial charge is 0.355 e. The molecule has 0 amide bonds. The Morgan fingerprint density at radius 3 is 2.71 bits per heavy atom. The lowest BCUT2D eigenvalue weighted by Crippen LogP contribution is -2.18. The first kappa shape index (κ1) is 13.8. The van der Waals surface area contributed by atoms with Crippen LogP contribution in [-0.4, -0.2) is 17.0 Å². The molecule has 0 spiro atoms. The van der Waals surface area contributed by atoms with Gasteiger partial charge in [0.05, 0.1) is 5.52 Å². The lowest BCUT2D eigenvalue weighted by molar-refractivity contribution is 0.900. The molecule has 21 heavy (non-hydrogen) atoms. The third kappa shape index (κ3) is 2.83. The number of aryl methyl sites for hydroxylation is 1. The van der Waals surface area contributed by atoms with Crippen molar-refractivity contribution < 1.29 is 0 Å². The molecule has 1 heterocycles. The third-order valence-electron chi connectivity index (χ3n) is 3.50. The summed E-state index contributed by atoms with van der Waals surface area (Å²) in [6, 6.07) is 14.1. The van der Waals surface area contributed by atoms with Gasteiger partial charge in [0.25, 0.3) is 0 Å². The molecule has 0 aliphatic rings. The van der Waals surface area contributed by atoms with Crippen LogP contribution in [0.15, 0.2) is 48.8 Å². The lowest BCUT2D eigenvalue weighted by Gasteiger charge is -2.20. The highest BCUT2D eigenvalue weighted by molar-refractivity contribution is 6.31. The molecule has 1 aromatic heterocycles. The van der Waals surface area contributed by atoms with E-state index in [1.165, 1.54) is 5.56 Å². The van der Waals surface area contributed by atoms with Gasteiger partial charge < -0.3 is 4.90 Å². The van der Waals surface area contributed by atoms with Crippen LogP contribution >= 0.6 is 11.6 Å². The fourth-order valence-electron chi connectivity index (χ4n) is 2.42. The summed E-state index contributed by atoms with van der Waals surface area (Å²) in [4.78, 5) is 10.9. The van der Waals surface area contributed by atoms with Crippen molar-refractivity contribution in [1.82, 2.24) is 9.97 Å². The van der Waals surface area contributed by atoms with Crippen molar-refractivity contribution in [1.29, 1.82) is 0 Å². The first-order valence-electron chi connectivity index (χ1n) is 6.81. The summed E-state index contributed by atoms with van der Waals surface area (Å²) in [5.41, 5.74) is 3.24. The van der Waals surface area contributed by atoms with Gasteiger partial charge in [-0.2, -0.15) is 0 Å². The molecule has 2 aromatic carbocycles. The van der Waals surface area contributed by atoms with Crippen molar-refractivity contribution in [3.8, 4) is 0 Å². The lowest BCUT2D eigenvalue weighted by atomic mass is 10.1. The first-order chi connectivity index (χ1) is 10.1. The van der Waals surface area contributed by atoms with Crippen LogP contribution in [-0.2, 0) is 6.54 Å². The van der Waals surface area contributed by atoms with E-state index in [4.69, 9.17) is 11.6 Å². The summed E-state index contributed by atoms with van der Waals surface area (Å²) >= 11 is 6.24. The minimum atomic E-state index is 0.708. The number of fused-ring (bicyclic) bond motifs is 1. The Labute approximate surface area is 129 Å². The van der Waals surface area contributed by atoms with E-state index in [0.29, 0.717) is 6.54 Å². The fourth-order valence-corrected chi connectivity index (χ4v) is 2.61. The van der Waals surface area contributed by atoms with Gasteiger partial charge in [-0.15, -0.1) is 0 Å². The molecule has 0 aliphatic heterocycles. The van der Waals surface area contributed by atoms with Crippen LogP contribution in [0, 0.1) is 6.92 Å². The molecule has 0 atom stereocenters. The number of benzene rings is 2. The minimum absolute atomic E-state index is 0.708. The van der Waals surface area contributed by atoms with Crippen LogP contribution in [0.4, 0.5) is 5.82 Å². The van der Waals surface area contributed by atoms with Crippen LogP contribution in [0.1, 0.15) is 11.1 Å². The second-order valence-corrected chi connectivity index (χ2v) is 5.57. The molecule has 0 saturated carbocycles. The molecule has 0 aliphatic carbocycles. The molecule has 0 fully saturated rings. The zero-order valence-corrected chi connectivity index (χ0v) is 12.8. The van der Waals surface area contributed by atoms with Crippen LogP contribution in [0.2, 0.25) is 5.02 Å². The summed E-state index contributed by atoms with van der Waals surface area (Å²) in [6.07, 6.45) is 1.61. The maximum absolute atomic E-state index is 6.24. The SMILES string of the molecule is Cc1ccc2ncnc(N(C)Cc3ccccc3Cl)c2c1. The number of anilines is 1. The highest BCUT2D eigenvalue weighted by atomic mass is 35.5. The Morgan fingerprint density at radius 1 is 1.10 bits per heavy atom. The van der Waals surface area contributed by atoms with E-state index >= 15 is 0 Å². The zero-order chi connectivity index (χ0) is 14.8. The second-order valence-electron chi connectivity index (χ2n) is 5.17. The Hall–Kier alpha value is -2.13. The van der Waals surface area contributed by atoms with E-state index in [-0.39, 0.29) is 0 Å². The number of rotatable bonds is 3. The summed E-state index contributed by atoms with van der Waals surface area (Å²) in [6.45, 7) is 2.78. The maximum Gasteiger partial charge on any atom is 0.139 e. The van der Waals surface area contributed by atoms with Gasteiger partial charge in [-0.25, -0.2) is 9.97 Å². The first-order valence-corrected chi connectivity index (χ1v) is 7.19. The molecule has 4 heteroatoms. The van der Waals surface area contributed by atoms with Gasteiger partial charge >= 0.3 is 0 Å². The minimum Gasteiger partial charge on any atom is -0.355 e. The van der Waals surface area contributed by atoms with Crippen molar-refractivity contribution in [2.75, 3.05) is 11.9 Å². The number of aromatic nitrogens is 2. The summed E-state index contributed by atoms with van der Waals surface area (Å²) in [7, 11) is 2.02. The highest BCUT2D eigenvalue weighted by Gasteiger charge is 2.10. The van der Waals surface area contributed by atoms with Gasteiger partial charge in [0.1, 0.15) is 12.1 Å². The highest BCUT2D eigenvalue weighted by Crippen LogP contribution is 2.25. The quantitative estimate of drug-likeness (QED) is 0.724. The van der Waals surface area contributed by atoms with E-state index in [1.54, 1.807) is 6.33 Å². The van der Waals surface area contributed by atoms with Crippen LogP contribution in [0.5, 0.6) is 0 Å². The number of hydrogen-bond acceptors (Lipinski definition) is 3. The summed E-state index contributed by atoms with van der Waals surface area (Å²) in [5.74, 6) is 0.920. The molecule has 106 valence electrons. The third-order valence-corrected chi connectivity index (χ3v) is 3.87. The average Bonchev–Trinajstić information content (AvgIpc) is 2.49. The molecule has 0 saturated heterocycles. The predicted octanol–water partition coefficient (Wildman–Crippen LogP) is 4.23. The molecular weight excluding hydrogens is 282 g/mol. The van der Waals surface area contributed by atoms with Crippen LogP contribution in [0.25, 0.3) is 10.9 Å². The Morgan fingerprint density at radius 2 is 1.90 bits per heavy atom. The van der Waals surface area contributed by atoms with Gasteiger partial charge in [-0.1, -0.05) is 41.4 Å². The number of hydrogen-bond donors (Lipinski definition) is 0. The predicted molar refractivity (Wildman–Crippen MR) is 87.8 cm³/mol. The molecule has 0 N–H and O–H groups in total. The molecule has 3 rings (SSSR count). The second kappa shape index (κ2) is 5.70. The van der Waals surface area contributed by atoms with Crippen molar-refractivity contribution in [2.24, 2.45) is 0 Å². The smallest absolute Gasteiger partial charge is 0.139 e. The number of nitrogens with zero attached hydrogens (tertiary/aromatic N) is 3. The molecule has 3 nitrogen and oxygen atoms in total.